The van der Waals surface area contributed by atoms with Crippen LogP contribution >= 0.6 is 0 Å². The summed E-state index contributed by atoms with van der Waals surface area (Å²) in [5.74, 6) is -4.61. The highest BCUT2D eigenvalue weighted by atomic mass is 19.1. The van der Waals surface area contributed by atoms with E-state index in [1.54, 1.807) is 12.1 Å². The summed E-state index contributed by atoms with van der Waals surface area (Å²) >= 11 is 0. The monoisotopic (exact) mass is 440 g/mol. The van der Waals surface area contributed by atoms with E-state index in [9.17, 15) is 28.0 Å². The van der Waals surface area contributed by atoms with Crippen LogP contribution in [-0.2, 0) is 16.1 Å². The highest BCUT2D eigenvalue weighted by Crippen LogP contribution is 2.26. The lowest BCUT2D eigenvalue weighted by molar-refractivity contribution is -0.119. The minimum absolute atomic E-state index is 0.00823. The smallest absolute Gasteiger partial charge is 0.338 e. The van der Waals surface area contributed by atoms with Gasteiger partial charge < -0.3 is 14.5 Å². The van der Waals surface area contributed by atoms with E-state index in [0.29, 0.717) is 5.76 Å². The molecular formula is C22H14F2N2O6. The van der Waals surface area contributed by atoms with Crippen molar-refractivity contribution in [1.29, 1.82) is 0 Å². The van der Waals surface area contributed by atoms with Crippen molar-refractivity contribution >= 4 is 29.4 Å². The fraction of sp³-hybridized carbons (Fsp3) is 0.0909. The van der Waals surface area contributed by atoms with Crippen molar-refractivity contribution < 1.29 is 37.1 Å². The van der Waals surface area contributed by atoms with Crippen molar-refractivity contribution in [2.45, 2.75) is 6.54 Å². The van der Waals surface area contributed by atoms with Crippen molar-refractivity contribution in [2.24, 2.45) is 0 Å². The lowest BCUT2D eigenvalue weighted by atomic mass is 10.1. The number of esters is 1. The first-order valence-electron chi connectivity index (χ1n) is 9.29. The van der Waals surface area contributed by atoms with E-state index in [2.05, 4.69) is 0 Å². The molecule has 0 saturated heterocycles. The number of hydrogen-bond acceptors (Lipinski definition) is 6. The summed E-state index contributed by atoms with van der Waals surface area (Å²) in [5, 5.41) is 1.99. The Bertz CT molecular complexity index is 1220. The number of anilines is 1. The molecule has 1 aliphatic rings. The first-order valence-corrected chi connectivity index (χ1v) is 9.29. The summed E-state index contributed by atoms with van der Waals surface area (Å²) < 4.78 is 37.2. The average molecular weight is 440 g/mol. The molecule has 8 nitrogen and oxygen atoms in total. The molecule has 0 radical (unpaired) electrons. The van der Waals surface area contributed by atoms with Crippen LogP contribution in [0.15, 0.2) is 59.2 Å². The van der Waals surface area contributed by atoms with E-state index in [4.69, 9.17) is 9.15 Å². The van der Waals surface area contributed by atoms with E-state index in [1.165, 1.54) is 24.5 Å². The van der Waals surface area contributed by atoms with Gasteiger partial charge in [0.15, 0.2) is 6.61 Å². The van der Waals surface area contributed by atoms with Crippen LogP contribution in [0.3, 0.4) is 0 Å². The molecule has 0 fully saturated rings. The Morgan fingerprint density at radius 1 is 0.969 bits per heavy atom. The molecule has 0 atom stereocenters. The van der Waals surface area contributed by atoms with Crippen LogP contribution in [0.4, 0.5) is 14.5 Å². The van der Waals surface area contributed by atoms with Gasteiger partial charge in [0.1, 0.15) is 23.1 Å². The van der Waals surface area contributed by atoms with Gasteiger partial charge >= 0.3 is 5.97 Å². The number of ether oxygens (including phenoxy) is 1. The molecule has 4 rings (SSSR count). The zero-order valence-corrected chi connectivity index (χ0v) is 16.3. The number of fused-ring (bicyclic) bond motifs is 1. The Morgan fingerprint density at radius 3 is 2.38 bits per heavy atom. The number of imide groups is 1. The number of nitrogens with zero attached hydrogens (tertiary/aromatic N) is 1. The molecule has 32 heavy (non-hydrogen) atoms. The van der Waals surface area contributed by atoms with Gasteiger partial charge in [-0.2, -0.15) is 0 Å². The van der Waals surface area contributed by atoms with Gasteiger partial charge in [-0.25, -0.2) is 13.6 Å². The number of hydrogen-bond donors (Lipinski definition) is 1. The van der Waals surface area contributed by atoms with E-state index in [1.807, 2.05) is 5.32 Å². The highest BCUT2D eigenvalue weighted by Gasteiger charge is 2.36. The van der Waals surface area contributed by atoms with E-state index in [0.717, 1.165) is 23.1 Å². The molecule has 3 aromatic rings. The van der Waals surface area contributed by atoms with E-state index < -0.39 is 47.6 Å². The maximum atomic E-state index is 13.6. The fourth-order valence-electron chi connectivity index (χ4n) is 3.13. The average Bonchev–Trinajstić information content (AvgIpc) is 3.37. The van der Waals surface area contributed by atoms with Gasteiger partial charge in [0.2, 0.25) is 0 Å². The predicted molar refractivity (Wildman–Crippen MR) is 105 cm³/mol. The number of carbonyl (C=O) groups is 4. The molecule has 3 amide bonds. The summed E-state index contributed by atoms with van der Waals surface area (Å²) in [6.45, 7) is -0.882. The summed E-state index contributed by atoms with van der Waals surface area (Å²) in [6, 6.07) is 10.1. The second-order valence-corrected chi connectivity index (χ2v) is 6.76. The zero-order chi connectivity index (χ0) is 22.8. The van der Waals surface area contributed by atoms with Gasteiger partial charge in [0.05, 0.1) is 29.5 Å². The third kappa shape index (κ3) is 3.97. The third-order valence-corrected chi connectivity index (χ3v) is 4.66. The summed E-state index contributed by atoms with van der Waals surface area (Å²) in [6.07, 6.45) is 1.42. The number of carbonyl (C=O) groups excluding carboxylic acids is 4. The molecule has 2 aromatic carbocycles. The van der Waals surface area contributed by atoms with Crippen LogP contribution < -0.4 is 5.32 Å². The van der Waals surface area contributed by atoms with Crippen LogP contribution in [0, 0.1) is 11.6 Å². The van der Waals surface area contributed by atoms with Gasteiger partial charge in [0, 0.05) is 0 Å². The van der Waals surface area contributed by atoms with Crippen LogP contribution in [0.2, 0.25) is 0 Å². The molecule has 162 valence electrons. The Balaban J connectivity index is 1.42. The second kappa shape index (κ2) is 8.42. The molecule has 0 aliphatic carbocycles. The summed E-state index contributed by atoms with van der Waals surface area (Å²) in [7, 11) is 0. The van der Waals surface area contributed by atoms with Gasteiger partial charge in [-0.05, 0) is 42.5 Å². The molecule has 0 spiro atoms. The van der Waals surface area contributed by atoms with Crippen LogP contribution in [-0.4, -0.2) is 35.2 Å². The largest absolute Gasteiger partial charge is 0.467 e. The minimum Gasteiger partial charge on any atom is -0.467 e. The lowest BCUT2D eigenvalue weighted by Gasteiger charge is -2.11. The van der Waals surface area contributed by atoms with Crippen molar-refractivity contribution in [3.05, 3.63) is 88.9 Å². The van der Waals surface area contributed by atoms with Crippen molar-refractivity contribution in [2.75, 3.05) is 11.9 Å². The first-order chi connectivity index (χ1) is 15.3. The number of nitrogens with one attached hydrogen (secondary N) is 1. The molecule has 2 heterocycles. The van der Waals surface area contributed by atoms with Crippen molar-refractivity contribution in [1.82, 2.24) is 4.90 Å². The van der Waals surface area contributed by atoms with Gasteiger partial charge in [-0.15, -0.1) is 0 Å². The van der Waals surface area contributed by atoms with Crippen LogP contribution in [0.1, 0.15) is 36.8 Å². The predicted octanol–water partition coefficient (Wildman–Crippen LogP) is 3.15. The Morgan fingerprint density at radius 2 is 1.69 bits per heavy atom. The van der Waals surface area contributed by atoms with Gasteiger partial charge in [-0.1, -0.05) is 6.07 Å². The minimum atomic E-state index is -0.981. The van der Waals surface area contributed by atoms with Crippen LogP contribution in [0.5, 0.6) is 0 Å². The fourth-order valence-corrected chi connectivity index (χ4v) is 3.13. The molecule has 0 unspecified atom stereocenters. The summed E-state index contributed by atoms with van der Waals surface area (Å²) in [4.78, 5) is 50.3. The highest BCUT2D eigenvalue weighted by molar-refractivity contribution is 6.21. The second-order valence-electron chi connectivity index (χ2n) is 6.76. The van der Waals surface area contributed by atoms with Gasteiger partial charge in [-0.3, -0.25) is 19.3 Å². The maximum Gasteiger partial charge on any atom is 0.338 e. The van der Waals surface area contributed by atoms with E-state index >= 15 is 0 Å². The van der Waals surface area contributed by atoms with E-state index in [-0.39, 0.29) is 23.2 Å². The molecule has 0 bridgehead atoms. The Hall–Kier alpha value is -4.34. The number of halogens is 2. The van der Waals surface area contributed by atoms with Crippen LogP contribution in [0.25, 0.3) is 0 Å². The quantitative estimate of drug-likeness (QED) is 0.466. The maximum absolute atomic E-state index is 13.6. The van der Waals surface area contributed by atoms with Gasteiger partial charge in [0.25, 0.3) is 17.7 Å². The summed E-state index contributed by atoms with van der Waals surface area (Å²) in [5.41, 5.74) is -0.610. The van der Waals surface area contributed by atoms with Crippen molar-refractivity contribution in [3.63, 3.8) is 0 Å². The van der Waals surface area contributed by atoms with Crippen molar-refractivity contribution in [3.8, 4) is 0 Å². The Labute approximate surface area is 179 Å². The lowest BCUT2D eigenvalue weighted by Crippen LogP contribution is -2.28. The molecule has 1 N–H and O–H groups in total. The number of para-hydroxylation sites is 1. The molecule has 10 heteroatoms. The number of benzene rings is 2. The SMILES string of the molecule is O=C(COC(=O)c1ccc2c(c1)C(=O)N(Cc1ccco1)C2=O)Nc1c(F)cccc1F. The molecule has 1 aromatic heterocycles. The Kier molecular flexibility index (Phi) is 5.50. The molecular weight excluding hydrogens is 426 g/mol. The molecule has 0 saturated carbocycles. The normalized spacial score (nSPS) is 12.6. The number of amides is 3. The zero-order valence-electron chi connectivity index (χ0n) is 16.3. The number of furan rings is 1. The first kappa shape index (κ1) is 20.9. The number of rotatable bonds is 6. The standard InChI is InChI=1S/C22H14F2N2O6/c23-16-4-1-5-17(24)19(16)25-18(27)11-32-22(30)12-6-7-14-15(9-12)21(29)26(20(14)28)10-13-3-2-8-31-13/h1-9H,10-11H2,(H,25,27). The third-order valence-electron chi connectivity index (χ3n) is 4.66. The molecule has 1 aliphatic heterocycles. The topological polar surface area (TPSA) is 106 Å².